The molecule has 0 radical (unpaired) electrons. The molecule has 0 aliphatic rings. The van der Waals surface area contributed by atoms with Crippen LogP contribution >= 0.6 is 22.9 Å². The van der Waals surface area contributed by atoms with E-state index in [1.165, 1.54) is 11.3 Å². The minimum atomic E-state index is 0.226. The third-order valence-electron chi connectivity index (χ3n) is 2.29. The van der Waals surface area contributed by atoms with Crippen LogP contribution in [-0.2, 0) is 0 Å². The highest BCUT2D eigenvalue weighted by Crippen LogP contribution is 2.26. The summed E-state index contributed by atoms with van der Waals surface area (Å²) >= 11 is 7.33. The Bertz CT molecular complexity index is 275. The molecule has 2 N–H and O–H groups in total. The van der Waals surface area contributed by atoms with Crippen molar-refractivity contribution >= 4 is 27.9 Å². The van der Waals surface area contributed by atoms with Crippen molar-refractivity contribution in [1.29, 1.82) is 0 Å². The number of thiophene rings is 1. The van der Waals surface area contributed by atoms with Gasteiger partial charge in [0.15, 0.2) is 0 Å². The van der Waals surface area contributed by atoms with Crippen molar-refractivity contribution in [2.24, 2.45) is 11.8 Å². The molecular formula is C10H16ClNOS. The second-order valence-corrected chi connectivity index (χ2v) is 5.39. The predicted octanol–water partition coefficient (Wildman–Crippen LogP) is 3.08. The van der Waals surface area contributed by atoms with Crippen molar-refractivity contribution in [3.05, 3.63) is 16.5 Å². The van der Waals surface area contributed by atoms with E-state index in [-0.39, 0.29) is 6.61 Å². The maximum Gasteiger partial charge on any atom is 0.0950 e. The van der Waals surface area contributed by atoms with Crippen molar-refractivity contribution < 1.29 is 5.11 Å². The molecule has 1 heterocycles. The van der Waals surface area contributed by atoms with Gasteiger partial charge in [-0.1, -0.05) is 25.4 Å². The van der Waals surface area contributed by atoms with Crippen LogP contribution in [0.25, 0.3) is 0 Å². The Kier molecular flexibility index (Phi) is 4.72. The molecule has 0 fully saturated rings. The van der Waals surface area contributed by atoms with Gasteiger partial charge in [0.25, 0.3) is 0 Å². The third-order valence-corrected chi connectivity index (χ3v) is 3.48. The summed E-state index contributed by atoms with van der Waals surface area (Å²) in [5, 5.41) is 13.5. The van der Waals surface area contributed by atoms with E-state index in [2.05, 4.69) is 19.2 Å². The van der Waals surface area contributed by atoms with Crippen LogP contribution in [0.3, 0.4) is 0 Å². The van der Waals surface area contributed by atoms with Crippen LogP contribution in [0, 0.1) is 11.8 Å². The molecule has 1 aromatic heterocycles. The lowest BCUT2D eigenvalue weighted by Crippen LogP contribution is -2.22. The highest BCUT2D eigenvalue weighted by molar-refractivity contribution is 7.19. The number of hydrogen-bond donors (Lipinski definition) is 2. The van der Waals surface area contributed by atoms with Crippen LogP contribution in [0.15, 0.2) is 12.1 Å². The summed E-state index contributed by atoms with van der Waals surface area (Å²) in [5.74, 6) is 0.791. The molecule has 0 aliphatic heterocycles. The average Bonchev–Trinajstić information content (AvgIpc) is 2.52. The molecule has 0 aliphatic carbocycles. The lowest BCUT2D eigenvalue weighted by Gasteiger charge is -2.18. The Morgan fingerprint density at radius 2 is 2.21 bits per heavy atom. The molecule has 14 heavy (non-hydrogen) atoms. The first-order valence-corrected chi connectivity index (χ1v) is 5.93. The minimum absolute atomic E-state index is 0.226. The molecule has 4 heteroatoms. The van der Waals surface area contributed by atoms with Gasteiger partial charge in [-0.25, -0.2) is 0 Å². The van der Waals surface area contributed by atoms with E-state index in [0.717, 1.165) is 15.9 Å². The summed E-state index contributed by atoms with van der Waals surface area (Å²) in [7, 11) is 0. The van der Waals surface area contributed by atoms with Crippen LogP contribution in [0.4, 0.5) is 5.00 Å². The van der Waals surface area contributed by atoms with Crippen molar-refractivity contribution in [2.45, 2.75) is 13.8 Å². The molecule has 1 aromatic rings. The molecular weight excluding hydrogens is 218 g/mol. The smallest absolute Gasteiger partial charge is 0.0950 e. The number of nitrogens with one attached hydrogen (secondary N) is 1. The fraction of sp³-hybridized carbons (Fsp3) is 0.600. The summed E-state index contributed by atoms with van der Waals surface area (Å²) in [6.45, 7) is 5.25. The number of hydrogen-bond acceptors (Lipinski definition) is 3. The van der Waals surface area contributed by atoms with Gasteiger partial charge >= 0.3 is 0 Å². The van der Waals surface area contributed by atoms with Gasteiger partial charge in [0, 0.05) is 19.1 Å². The SMILES string of the molecule is CC(C)C(CO)CNc1ccc(Cl)s1. The zero-order valence-electron chi connectivity index (χ0n) is 8.46. The largest absolute Gasteiger partial charge is 0.396 e. The summed E-state index contributed by atoms with van der Waals surface area (Å²) in [6, 6.07) is 3.83. The van der Waals surface area contributed by atoms with Crippen LogP contribution in [0.2, 0.25) is 4.34 Å². The Balaban J connectivity index is 2.39. The first-order chi connectivity index (χ1) is 6.63. The van der Waals surface area contributed by atoms with E-state index in [1.807, 2.05) is 12.1 Å². The van der Waals surface area contributed by atoms with Crippen LogP contribution in [0.1, 0.15) is 13.8 Å². The van der Waals surface area contributed by atoms with Crippen LogP contribution in [0.5, 0.6) is 0 Å². The lowest BCUT2D eigenvalue weighted by atomic mass is 9.97. The number of aliphatic hydroxyl groups excluding tert-OH is 1. The highest BCUT2D eigenvalue weighted by Gasteiger charge is 2.11. The van der Waals surface area contributed by atoms with E-state index >= 15 is 0 Å². The van der Waals surface area contributed by atoms with Crippen molar-refractivity contribution in [1.82, 2.24) is 0 Å². The van der Waals surface area contributed by atoms with Gasteiger partial charge in [-0.3, -0.25) is 0 Å². The first-order valence-electron chi connectivity index (χ1n) is 4.73. The summed E-state index contributed by atoms with van der Waals surface area (Å²) in [6.07, 6.45) is 0. The van der Waals surface area contributed by atoms with Gasteiger partial charge in [-0.2, -0.15) is 0 Å². The van der Waals surface area contributed by atoms with Crippen LogP contribution in [-0.4, -0.2) is 18.3 Å². The highest BCUT2D eigenvalue weighted by atomic mass is 35.5. The topological polar surface area (TPSA) is 32.3 Å². The third kappa shape index (κ3) is 3.48. The first kappa shape index (κ1) is 11.8. The Hall–Kier alpha value is -0.250. The van der Waals surface area contributed by atoms with Gasteiger partial charge in [0.1, 0.15) is 0 Å². The van der Waals surface area contributed by atoms with E-state index in [9.17, 15) is 0 Å². The second-order valence-electron chi connectivity index (χ2n) is 3.67. The van der Waals surface area contributed by atoms with E-state index in [4.69, 9.17) is 16.7 Å². The molecule has 0 aromatic carbocycles. The van der Waals surface area contributed by atoms with Crippen molar-refractivity contribution in [3.8, 4) is 0 Å². The van der Waals surface area contributed by atoms with Crippen molar-refractivity contribution in [3.63, 3.8) is 0 Å². The summed E-state index contributed by atoms with van der Waals surface area (Å²) in [5.41, 5.74) is 0. The average molecular weight is 234 g/mol. The molecule has 2 nitrogen and oxygen atoms in total. The summed E-state index contributed by atoms with van der Waals surface area (Å²) < 4.78 is 0.789. The van der Waals surface area contributed by atoms with Gasteiger partial charge in [-0.05, 0) is 18.1 Å². The molecule has 0 saturated carbocycles. The summed E-state index contributed by atoms with van der Waals surface area (Å²) in [4.78, 5) is 0. The fourth-order valence-electron chi connectivity index (χ4n) is 1.15. The Morgan fingerprint density at radius 3 is 2.64 bits per heavy atom. The molecule has 1 atom stereocenters. The van der Waals surface area contributed by atoms with E-state index in [1.54, 1.807) is 0 Å². The Morgan fingerprint density at radius 1 is 1.50 bits per heavy atom. The number of aliphatic hydroxyl groups is 1. The van der Waals surface area contributed by atoms with Gasteiger partial charge in [-0.15, -0.1) is 11.3 Å². The minimum Gasteiger partial charge on any atom is -0.396 e. The molecule has 1 unspecified atom stereocenters. The zero-order chi connectivity index (χ0) is 10.6. The maximum absolute atomic E-state index is 9.12. The quantitative estimate of drug-likeness (QED) is 0.819. The molecule has 80 valence electrons. The van der Waals surface area contributed by atoms with Gasteiger partial charge < -0.3 is 10.4 Å². The fourth-order valence-corrected chi connectivity index (χ4v) is 2.10. The predicted molar refractivity (Wildman–Crippen MR) is 63.2 cm³/mol. The lowest BCUT2D eigenvalue weighted by molar-refractivity contribution is 0.198. The molecule has 0 amide bonds. The van der Waals surface area contributed by atoms with Crippen molar-refractivity contribution in [2.75, 3.05) is 18.5 Å². The zero-order valence-corrected chi connectivity index (χ0v) is 10.0. The van der Waals surface area contributed by atoms with Gasteiger partial charge in [0.05, 0.1) is 9.34 Å². The number of halogens is 1. The number of anilines is 1. The monoisotopic (exact) mass is 233 g/mol. The second kappa shape index (κ2) is 5.59. The normalized spacial score (nSPS) is 13.2. The van der Waals surface area contributed by atoms with E-state index in [0.29, 0.717) is 11.8 Å². The van der Waals surface area contributed by atoms with E-state index < -0.39 is 0 Å². The van der Waals surface area contributed by atoms with Gasteiger partial charge in [0.2, 0.25) is 0 Å². The number of rotatable bonds is 5. The Labute approximate surface area is 93.9 Å². The standard InChI is InChI=1S/C10H16ClNOS/c1-7(2)8(6-13)5-12-10-4-3-9(11)14-10/h3-4,7-8,12-13H,5-6H2,1-2H3. The maximum atomic E-state index is 9.12. The molecule has 0 saturated heterocycles. The molecule has 0 spiro atoms. The van der Waals surface area contributed by atoms with Crippen LogP contribution < -0.4 is 5.32 Å². The molecule has 0 bridgehead atoms. The molecule has 1 rings (SSSR count).